The van der Waals surface area contributed by atoms with Gasteiger partial charge in [0, 0.05) is 13.0 Å². The molecule has 0 aromatic heterocycles. The van der Waals surface area contributed by atoms with Gasteiger partial charge in [-0.05, 0) is 41.8 Å². The Hall–Kier alpha value is -3.35. The van der Waals surface area contributed by atoms with E-state index in [1.54, 1.807) is 31.4 Å². The van der Waals surface area contributed by atoms with Gasteiger partial charge in [-0.2, -0.15) is 0 Å². The number of rotatable bonds is 8. The minimum absolute atomic E-state index is 0.0861. The summed E-state index contributed by atoms with van der Waals surface area (Å²) in [6.07, 6.45) is 0.262. The molecule has 1 atom stereocenters. The molecule has 0 bridgehead atoms. The minimum Gasteiger partial charge on any atom is -0.497 e. The number of aliphatic carboxylic acids is 1. The van der Waals surface area contributed by atoms with Crippen molar-refractivity contribution in [1.29, 1.82) is 0 Å². The molecule has 28 heavy (non-hydrogen) atoms. The van der Waals surface area contributed by atoms with E-state index in [-0.39, 0.29) is 6.42 Å². The predicted octanol–water partition coefficient (Wildman–Crippen LogP) is 2.39. The maximum absolute atomic E-state index is 12.8. The first-order chi connectivity index (χ1) is 13.5. The SMILES string of the molecule is COc1ccc(C2=NOC(CC(=O)O)(C(=O)NCCc3ccccc3)C2)cc1. The van der Waals surface area contributed by atoms with Gasteiger partial charge >= 0.3 is 5.97 Å². The van der Waals surface area contributed by atoms with Gasteiger partial charge in [0.25, 0.3) is 5.91 Å². The normalized spacial score (nSPS) is 18.1. The molecule has 2 aromatic carbocycles. The number of carbonyl (C=O) groups excluding carboxylic acids is 1. The van der Waals surface area contributed by atoms with E-state index >= 15 is 0 Å². The van der Waals surface area contributed by atoms with Crippen LogP contribution in [0.2, 0.25) is 0 Å². The topological polar surface area (TPSA) is 97.2 Å². The fraction of sp³-hybridized carbons (Fsp3) is 0.286. The summed E-state index contributed by atoms with van der Waals surface area (Å²) in [7, 11) is 1.57. The monoisotopic (exact) mass is 382 g/mol. The maximum Gasteiger partial charge on any atom is 0.308 e. The van der Waals surface area contributed by atoms with Gasteiger partial charge in [0.2, 0.25) is 5.60 Å². The first-order valence-electron chi connectivity index (χ1n) is 8.96. The van der Waals surface area contributed by atoms with Gasteiger partial charge in [-0.1, -0.05) is 35.5 Å². The van der Waals surface area contributed by atoms with E-state index in [0.29, 0.717) is 24.4 Å². The lowest BCUT2D eigenvalue weighted by atomic mass is 9.90. The number of benzene rings is 2. The number of hydrogen-bond donors (Lipinski definition) is 2. The van der Waals surface area contributed by atoms with Crippen molar-refractivity contribution in [3.8, 4) is 5.75 Å². The Balaban J connectivity index is 1.67. The summed E-state index contributed by atoms with van der Waals surface area (Å²) in [5.74, 6) is -0.902. The minimum atomic E-state index is -1.54. The lowest BCUT2D eigenvalue weighted by Crippen LogP contribution is -2.49. The van der Waals surface area contributed by atoms with E-state index in [1.807, 2.05) is 30.3 Å². The van der Waals surface area contributed by atoms with Crippen molar-refractivity contribution < 1.29 is 24.3 Å². The molecular formula is C21H22N2O5. The van der Waals surface area contributed by atoms with Crippen LogP contribution in [0.3, 0.4) is 0 Å². The molecule has 3 rings (SSSR count). The van der Waals surface area contributed by atoms with Crippen molar-refractivity contribution in [3.05, 3.63) is 65.7 Å². The molecule has 0 radical (unpaired) electrons. The number of carboxylic acid groups (broad SMARTS) is 1. The standard InChI is InChI=1S/C21H22N2O5/c1-27-17-9-7-16(8-10-17)18-13-21(28-23-18,14-19(24)25)20(26)22-12-11-15-5-3-2-4-6-15/h2-10H,11-14H2,1H3,(H,22,26)(H,24,25). The van der Waals surface area contributed by atoms with E-state index in [4.69, 9.17) is 9.57 Å². The van der Waals surface area contributed by atoms with Crippen molar-refractivity contribution in [2.45, 2.75) is 24.9 Å². The zero-order chi connectivity index (χ0) is 20.0. The van der Waals surface area contributed by atoms with Crippen LogP contribution in [0, 0.1) is 0 Å². The van der Waals surface area contributed by atoms with Gasteiger partial charge in [-0.15, -0.1) is 0 Å². The molecule has 1 amide bonds. The molecule has 7 heteroatoms. The highest BCUT2D eigenvalue weighted by Crippen LogP contribution is 2.31. The Kier molecular flexibility index (Phi) is 5.93. The average molecular weight is 382 g/mol. The molecule has 0 saturated heterocycles. The Morgan fingerprint density at radius 3 is 2.54 bits per heavy atom. The van der Waals surface area contributed by atoms with Crippen molar-refractivity contribution in [3.63, 3.8) is 0 Å². The number of oxime groups is 1. The molecule has 146 valence electrons. The zero-order valence-electron chi connectivity index (χ0n) is 15.6. The van der Waals surface area contributed by atoms with Crippen molar-refractivity contribution in [2.75, 3.05) is 13.7 Å². The van der Waals surface area contributed by atoms with Crippen LogP contribution < -0.4 is 10.1 Å². The quantitative estimate of drug-likeness (QED) is 0.731. The molecule has 0 saturated carbocycles. The summed E-state index contributed by atoms with van der Waals surface area (Å²) in [5.41, 5.74) is 0.822. The lowest BCUT2D eigenvalue weighted by Gasteiger charge is -2.23. The molecule has 0 aliphatic carbocycles. The van der Waals surface area contributed by atoms with Crippen LogP contribution >= 0.6 is 0 Å². The highest BCUT2D eigenvalue weighted by Gasteiger charge is 2.48. The van der Waals surface area contributed by atoms with E-state index in [2.05, 4.69) is 10.5 Å². The molecule has 1 aliphatic rings. The highest BCUT2D eigenvalue weighted by molar-refractivity contribution is 6.06. The fourth-order valence-electron chi connectivity index (χ4n) is 3.08. The second-order valence-electron chi connectivity index (χ2n) is 6.59. The van der Waals surface area contributed by atoms with Crippen molar-refractivity contribution in [2.24, 2.45) is 5.16 Å². The Morgan fingerprint density at radius 1 is 1.18 bits per heavy atom. The molecule has 1 aliphatic heterocycles. The van der Waals surface area contributed by atoms with Crippen molar-refractivity contribution in [1.82, 2.24) is 5.32 Å². The van der Waals surface area contributed by atoms with Gasteiger partial charge < -0.3 is 20.0 Å². The molecule has 1 heterocycles. The molecule has 1 unspecified atom stereocenters. The Morgan fingerprint density at radius 2 is 1.89 bits per heavy atom. The smallest absolute Gasteiger partial charge is 0.308 e. The van der Waals surface area contributed by atoms with Gasteiger partial charge in [-0.3, -0.25) is 9.59 Å². The van der Waals surface area contributed by atoms with E-state index in [0.717, 1.165) is 11.1 Å². The van der Waals surface area contributed by atoms with Gasteiger partial charge in [0.15, 0.2) is 0 Å². The number of nitrogens with one attached hydrogen (secondary N) is 1. The maximum atomic E-state index is 12.8. The Bertz CT molecular complexity index is 864. The van der Waals surface area contributed by atoms with Gasteiger partial charge in [0.05, 0.1) is 19.2 Å². The zero-order valence-corrected chi connectivity index (χ0v) is 15.6. The van der Waals surface area contributed by atoms with E-state index in [1.165, 1.54) is 0 Å². The number of nitrogens with zero attached hydrogens (tertiary/aromatic N) is 1. The number of carbonyl (C=O) groups is 2. The van der Waals surface area contributed by atoms with Crippen LogP contribution in [-0.4, -0.2) is 42.0 Å². The summed E-state index contributed by atoms with van der Waals surface area (Å²) in [6.45, 7) is 0.380. The first kappa shape index (κ1) is 19.4. The third-order valence-corrected chi connectivity index (χ3v) is 4.60. The third-order valence-electron chi connectivity index (χ3n) is 4.60. The molecule has 0 fully saturated rings. The second kappa shape index (κ2) is 8.56. The first-order valence-corrected chi connectivity index (χ1v) is 8.96. The molecule has 2 N–H and O–H groups in total. The molecule has 7 nitrogen and oxygen atoms in total. The summed E-state index contributed by atoms with van der Waals surface area (Å²) in [4.78, 5) is 29.5. The average Bonchev–Trinajstić information content (AvgIpc) is 3.13. The lowest BCUT2D eigenvalue weighted by molar-refractivity contribution is -0.156. The van der Waals surface area contributed by atoms with E-state index < -0.39 is 23.9 Å². The van der Waals surface area contributed by atoms with Crippen LogP contribution in [0.5, 0.6) is 5.75 Å². The third kappa shape index (κ3) is 4.49. The van der Waals surface area contributed by atoms with Crippen LogP contribution in [0.25, 0.3) is 0 Å². The summed E-state index contributed by atoms with van der Waals surface area (Å²) < 4.78 is 5.13. The number of methoxy groups -OCH3 is 1. The van der Waals surface area contributed by atoms with Gasteiger partial charge in [0.1, 0.15) is 5.75 Å². The van der Waals surface area contributed by atoms with Crippen LogP contribution in [0.4, 0.5) is 0 Å². The second-order valence-corrected chi connectivity index (χ2v) is 6.59. The van der Waals surface area contributed by atoms with Crippen LogP contribution in [0.15, 0.2) is 59.8 Å². The van der Waals surface area contributed by atoms with Crippen LogP contribution in [-0.2, 0) is 20.8 Å². The summed E-state index contributed by atoms with van der Waals surface area (Å²) >= 11 is 0. The number of amides is 1. The van der Waals surface area contributed by atoms with Crippen LogP contribution in [0.1, 0.15) is 24.0 Å². The summed E-state index contributed by atoms with van der Waals surface area (Å²) in [6, 6.07) is 16.9. The Labute approximate surface area is 163 Å². The molecule has 2 aromatic rings. The number of ether oxygens (including phenoxy) is 1. The number of hydrogen-bond acceptors (Lipinski definition) is 5. The summed E-state index contributed by atoms with van der Waals surface area (Å²) in [5, 5.41) is 16.1. The highest BCUT2D eigenvalue weighted by atomic mass is 16.7. The fourth-order valence-corrected chi connectivity index (χ4v) is 3.08. The van der Waals surface area contributed by atoms with Gasteiger partial charge in [-0.25, -0.2) is 0 Å². The predicted molar refractivity (Wildman–Crippen MR) is 103 cm³/mol. The van der Waals surface area contributed by atoms with E-state index in [9.17, 15) is 14.7 Å². The largest absolute Gasteiger partial charge is 0.497 e. The number of carboxylic acids is 1. The van der Waals surface area contributed by atoms with Crippen molar-refractivity contribution >= 4 is 17.6 Å². The molecule has 0 spiro atoms. The molecular weight excluding hydrogens is 360 g/mol.